The molecule has 65 heavy (non-hydrogen) atoms. The van der Waals surface area contributed by atoms with Crippen LogP contribution in [0.2, 0.25) is 0 Å². The number of nitrogens with zero attached hydrogens (tertiary/aromatic N) is 4. The molecule has 2 heterocycles. The number of hydrogen-bond donors (Lipinski definition) is 0. The molecule has 0 saturated carbocycles. The van der Waals surface area contributed by atoms with Gasteiger partial charge in [0.1, 0.15) is 13.2 Å². The predicted octanol–water partition coefficient (Wildman–Crippen LogP) is 12.6. The van der Waals surface area contributed by atoms with Crippen LogP contribution in [0.25, 0.3) is 0 Å². The number of unbranched alkanes of at least 4 members (excludes halogenated alkanes) is 10. The van der Waals surface area contributed by atoms with Gasteiger partial charge in [0.2, 0.25) is 0 Å². The van der Waals surface area contributed by atoms with Crippen LogP contribution >= 0.6 is 0 Å². The molecule has 12 nitrogen and oxygen atoms in total. The van der Waals surface area contributed by atoms with Gasteiger partial charge in [0.05, 0.1) is 13.2 Å². The first-order chi connectivity index (χ1) is 31.0. The summed E-state index contributed by atoms with van der Waals surface area (Å²) in [6, 6.07) is 11.0. The molecule has 2 atom stereocenters. The number of alkyl halides is 6. The summed E-state index contributed by atoms with van der Waals surface area (Å²) in [6.07, 6.45) is 4.21. The fraction of sp³-hybridized carbons (Fsp3) is 0.660. The van der Waals surface area contributed by atoms with Crippen molar-refractivity contribution < 1.29 is 64.5 Å². The number of benzene rings is 2. The monoisotopic (exact) mass is 924 g/mol. The zero-order valence-corrected chi connectivity index (χ0v) is 37.4. The third-order valence-electron chi connectivity index (χ3n) is 11.7. The van der Waals surface area contributed by atoms with Gasteiger partial charge in [0.15, 0.2) is 0 Å². The highest BCUT2D eigenvalue weighted by molar-refractivity contribution is 5.70. The Labute approximate surface area is 376 Å². The molecule has 2 aliphatic rings. The van der Waals surface area contributed by atoms with Crippen LogP contribution < -0.4 is 0 Å². The Morgan fingerprint density at radius 2 is 0.738 bits per heavy atom. The number of ether oxygens (including phenoxy) is 4. The van der Waals surface area contributed by atoms with Gasteiger partial charge in [-0.25, -0.2) is 0 Å². The van der Waals surface area contributed by atoms with E-state index < -0.39 is 23.7 Å². The first-order valence-electron chi connectivity index (χ1n) is 22.8. The van der Waals surface area contributed by atoms with E-state index >= 15 is 0 Å². The summed E-state index contributed by atoms with van der Waals surface area (Å²) < 4.78 is 101. The molecule has 0 saturated heterocycles. The lowest BCUT2D eigenvalue weighted by Gasteiger charge is -2.21. The molecule has 18 heteroatoms. The van der Waals surface area contributed by atoms with Crippen LogP contribution in [-0.2, 0) is 62.7 Å². The van der Waals surface area contributed by atoms with Crippen molar-refractivity contribution in [2.24, 2.45) is 32.3 Å². The second kappa shape index (κ2) is 25.7. The van der Waals surface area contributed by atoms with Crippen LogP contribution in [0, 0.1) is 11.8 Å². The molecule has 0 aliphatic carbocycles. The molecule has 0 spiro atoms. The van der Waals surface area contributed by atoms with Crippen molar-refractivity contribution in [2.45, 2.75) is 173 Å². The number of rotatable bonds is 32. The summed E-state index contributed by atoms with van der Waals surface area (Å²) >= 11 is 0. The Bertz CT molecular complexity index is 1730. The molecular formula is C47H62F6N4O8. The second-order valence-electron chi connectivity index (χ2n) is 16.8. The summed E-state index contributed by atoms with van der Waals surface area (Å²) in [6.45, 7) is 4.70. The minimum Gasteiger partial charge on any atom is -0.465 e. The predicted molar refractivity (Wildman–Crippen MR) is 226 cm³/mol. The number of halogens is 6. The largest absolute Gasteiger partial charge is 0.465 e. The Morgan fingerprint density at radius 3 is 1.00 bits per heavy atom. The van der Waals surface area contributed by atoms with Crippen LogP contribution in [0.3, 0.4) is 0 Å². The summed E-state index contributed by atoms with van der Waals surface area (Å²) in [4.78, 5) is 49.1. The van der Waals surface area contributed by atoms with E-state index in [1.165, 1.54) is 48.5 Å². The molecule has 360 valence electrons. The van der Waals surface area contributed by atoms with Crippen molar-refractivity contribution in [3.8, 4) is 0 Å². The van der Waals surface area contributed by atoms with E-state index in [2.05, 4.69) is 34.3 Å². The van der Waals surface area contributed by atoms with Crippen molar-refractivity contribution in [2.75, 3.05) is 13.2 Å². The fourth-order valence-electron chi connectivity index (χ4n) is 7.26. The maximum atomic E-state index is 13.2. The molecule has 2 unspecified atom stereocenters. The van der Waals surface area contributed by atoms with E-state index in [-0.39, 0.29) is 72.9 Å². The van der Waals surface area contributed by atoms with E-state index in [4.69, 9.17) is 18.9 Å². The highest BCUT2D eigenvalue weighted by Crippen LogP contribution is 2.53. The zero-order valence-electron chi connectivity index (χ0n) is 37.4. The molecule has 4 rings (SSSR count). The van der Waals surface area contributed by atoms with Crippen molar-refractivity contribution in [1.82, 2.24) is 0 Å². The first kappa shape index (κ1) is 52.7. The van der Waals surface area contributed by atoms with Crippen LogP contribution in [0.4, 0.5) is 26.3 Å². The van der Waals surface area contributed by atoms with Crippen LogP contribution in [0.1, 0.15) is 158 Å². The SMILES string of the molecule is CCC(COC(=O)CCCCCCCCC(=O)OCc1ccc(C2(C(F)(F)F)N=N2)cc1)CC(CC)COC(=O)CCCCCCCCC(=O)OCc1ccc(C2(C(F)(F)F)N=N2)cc1. The number of hydrogen-bond acceptors (Lipinski definition) is 12. The Kier molecular flexibility index (Phi) is 20.8. The average molecular weight is 925 g/mol. The molecule has 0 N–H and O–H groups in total. The van der Waals surface area contributed by atoms with Crippen LogP contribution in [-0.4, -0.2) is 49.4 Å². The zero-order chi connectivity index (χ0) is 47.4. The normalized spacial score (nSPS) is 15.5. The minimum absolute atomic E-state index is 0.0298. The summed E-state index contributed by atoms with van der Waals surface area (Å²) in [5.74, 6) is -0.870. The maximum Gasteiger partial charge on any atom is 0.442 e. The molecular weight excluding hydrogens is 863 g/mol. The van der Waals surface area contributed by atoms with Gasteiger partial charge in [0, 0.05) is 36.8 Å². The molecule has 2 aromatic carbocycles. The third kappa shape index (κ3) is 17.4. The van der Waals surface area contributed by atoms with Crippen LogP contribution in [0.15, 0.2) is 69.0 Å². The molecule has 2 aromatic rings. The van der Waals surface area contributed by atoms with E-state index in [0.717, 1.165) is 70.6 Å². The number of esters is 4. The maximum absolute atomic E-state index is 13.2. The Hall–Kier alpha value is -4.90. The Morgan fingerprint density at radius 1 is 0.462 bits per heavy atom. The summed E-state index contributed by atoms with van der Waals surface area (Å²) in [5.41, 5.74) is -3.95. The highest BCUT2D eigenvalue weighted by atomic mass is 19.4. The van der Waals surface area contributed by atoms with Gasteiger partial charge in [-0.3, -0.25) is 19.2 Å². The van der Waals surface area contributed by atoms with Gasteiger partial charge in [-0.05, 0) is 55.1 Å². The van der Waals surface area contributed by atoms with Crippen molar-refractivity contribution >= 4 is 23.9 Å². The Balaban J connectivity index is 0.923. The number of carbonyl (C=O) groups excluding carboxylic acids is 4. The quantitative estimate of drug-likeness (QED) is 0.0304. The fourth-order valence-corrected chi connectivity index (χ4v) is 7.26. The van der Waals surface area contributed by atoms with E-state index in [9.17, 15) is 45.5 Å². The number of carbonyl (C=O) groups is 4. The van der Waals surface area contributed by atoms with Gasteiger partial charge >= 0.3 is 47.6 Å². The minimum atomic E-state index is -4.59. The van der Waals surface area contributed by atoms with Gasteiger partial charge in [-0.1, -0.05) is 127 Å². The summed E-state index contributed by atoms with van der Waals surface area (Å²) in [5, 5.41) is 12.7. The third-order valence-corrected chi connectivity index (χ3v) is 11.7. The van der Waals surface area contributed by atoms with Gasteiger partial charge in [-0.15, -0.1) is 20.5 Å². The van der Waals surface area contributed by atoms with Gasteiger partial charge < -0.3 is 18.9 Å². The first-order valence-corrected chi connectivity index (χ1v) is 22.8. The average Bonchev–Trinajstić information content (AvgIpc) is 4.22. The molecule has 0 aromatic heterocycles. The van der Waals surface area contributed by atoms with E-state index in [1.807, 2.05) is 0 Å². The lowest BCUT2D eigenvalue weighted by Crippen LogP contribution is -2.30. The topological polar surface area (TPSA) is 155 Å². The second-order valence-corrected chi connectivity index (χ2v) is 16.8. The lowest BCUT2D eigenvalue weighted by molar-refractivity contribution is -0.166. The van der Waals surface area contributed by atoms with Gasteiger partial charge in [-0.2, -0.15) is 26.3 Å². The lowest BCUT2D eigenvalue weighted by atomic mass is 9.92. The van der Waals surface area contributed by atoms with Crippen LogP contribution in [0.5, 0.6) is 0 Å². The molecule has 2 aliphatic heterocycles. The van der Waals surface area contributed by atoms with Crippen molar-refractivity contribution in [1.29, 1.82) is 0 Å². The molecule has 0 fully saturated rings. The van der Waals surface area contributed by atoms with Gasteiger partial charge in [0.25, 0.3) is 0 Å². The standard InChI is InChI=1S/C47H62F6N4O8/c1-3-34(30-62-40(58)17-13-9-5-7-11-15-19-42(60)64-32-36-21-25-38(26-22-36)44(54-55-44)46(48,49)50)29-35(4-2)31-63-41(59)18-14-10-6-8-12-16-20-43(61)65-33-37-23-27-39(28-24-37)45(56-57-45)47(51,52)53/h21-28,34-35H,3-20,29-33H2,1-2H3. The van der Waals surface area contributed by atoms with Crippen molar-refractivity contribution in [3.63, 3.8) is 0 Å². The molecule has 0 radical (unpaired) electrons. The van der Waals surface area contributed by atoms with E-state index in [1.54, 1.807) is 0 Å². The van der Waals surface area contributed by atoms with E-state index in [0.29, 0.717) is 62.9 Å². The summed E-state index contributed by atoms with van der Waals surface area (Å²) in [7, 11) is 0. The molecule has 0 bridgehead atoms. The molecule has 0 amide bonds. The van der Waals surface area contributed by atoms with Crippen molar-refractivity contribution in [3.05, 3.63) is 70.8 Å². The highest BCUT2D eigenvalue weighted by Gasteiger charge is 2.66. The smallest absolute Gasteiger partial charge is 0.442 e.